The van der Waals surface area contributed by atoms with Gasteiger partial charge in [0.05, 0.1) is 10.5 Å². The van der Waals surface area contributed by atoms with Crippen LogP contribution in [0.15, 0.2) is 24.3 Å². The Morgan fingerprint density at radius 2 is 1.80 bits per heavy atom. The molecule has 2 N–H and O–H groups in total. The fourth-order valence-electron chi connectivity index (χ4n) is 2.08. The van der Waals surface area contributed by atoms with Crippen molar-refractivity contribution in [1.82, 2.24) is 0 Å². The zero-order valence-corrected chi connectivity index (χ0v) is 13.8. The smallest absolute Gasteiger partial charge is 0.155 e. The second-order valence-electron chi connectivity index (χ2n) is 6.45. The normalized spacial score (nSPS) is 14.2. The molecule has 0 aliphatic rings. The van der Waals surface area contributed by atoms with Gasteiger partial charge >= 0.3 is 0 Å². The van der Waals surface area contributed by atoms with Gasteiger partial charge in [-0.1, -0.05) is 24.3 Å². The molecule has 0 aliphatic heterocycles. The SMILES string of the molecule is Cc1ccccc1CC(CN)CCS(=O)(=O)C(C)(C)C. The van der Waals surface area contributed by atoms with Gasteiger partial charge in [0.2, 0.25) is 0 Å². The van der Waals surface area contributed by atoms with E-state index in [1.165, 1.54) is 11.1 Å². The van der Waals surface area contributed by atoms with Crippen LogP contribution in [0.1, 0.15) is 38.3 Å². The zero-order valence-electron chi connectivity index (χ0n) is 13.0. The number of hydrogen-bond donors (Lipinski definition) is 1. The van der Waals surface area contributed by atoms with Crippen LogP contribution in [-0.4, -0.2) is 25.5 Å². The molecular weight excluding hydrogens is 270 g/mol. The van der Waals surface area contributed by atoms with Crippen molar-refractivity contribution in [3.8, 4) is 0 Å². The summed E-state index contributed by atoms with van der Waals surface area (Å²) in [6.45, 7) is 7.85. The lowest BCUT2D eigenvalue weighted by atomic mass is 9.94. The van der Waals surface area contributed by atoms with Gasteiger partial charge in [-0.25, -0.2) is 8.42 Å². The standard InChI is InChI=1S/C16H27NO2S/c1-13-7-5-6-8-15(13)11-14(12-17)9-10-20(18,19)16(2,3)4/h5-8,14H,9-12,17H2,1-4H3. The van der Waals surface area contributed by atoms with E-state index < -0.39 is 14.6 Å². The van der Waals surface area contributed by atoms with E-state index in [4.69, 9.17) is 5.73 Å². The van der Waals surface area contributed by atoms with Gasteiger partial charge in [0, 0.05) is 0 Å². The molecular formula is C16H27NO2S. The molecule has 0 radical (unpaired) electrons. The van der Waals surface area contributed by atoms with Crippen molar-refractivity contribution in [2.75, 3.05) is 12.3 Å². The summed E-state index contributed by atoms with van der Waals surface area (Å²) < 4.78 is 23.6. The van der Waals surface area contributed by atoms with Crippen LogP contribution in [0.25, 0.3) is 0 Å². The van der Waals surface area contributed by atoms with E-state index in [9.17, 15) is 8.42 Å². The van der Waals surface area contributed by atoms with Gasteiger partial charge in [0.15, 0.2) is 9.84 Å². The van der Waals surface area contributed by atoms with Crippen LogP contribution in [0, 0.1) is 12.8 Å². The Morgan fingerprint density at radius 1 is 1.20 bits per heavy atom. The van der Waals surface area contributed by atoms with E-state index in [1.54, 1.807) is 20.8 Å². The minimum absolute atomic E-state index is 0.213. The minimum atomic E-state index is -3.06. The van der Waals surface area contributed by atoms with Gasteiger partial charge in [-0.3, -0.25) is 0 Å². The predicted molar refractivity (Wildman–Crippen MR) is 85.6 cm³/mol. The third-order valence-electron chi connectivity index (χ3n) is 3.83. The number of aryl methyl sites for hydroxylation is 1. The molecule has 1 aromatic carbocycles. The number of nitrogens with two attached hydrogens (primary N) is 1. The predicted octanol–water partition coefficient (Wildman–Crippen LogP) is 2.72. The van der Waals surface area contributed by atoms with E-state index >= 15 is 0 Å². The van der Waals surface area contributed by atoms with Crippen molar-refractivity contribution in [3.05, 3.63) is 35.4 Å². The van der Waals surface area contributed by atoms with E-state index in [-0.39, 0.29) is 11.7 Å². The Balaban J connectivity index is 2.68. The van der Waals surface area contributed by atoms with Crippen LogP contribution < -0.4 is 5.73 Å². The van der Waals surface area contributed by atoms with Gasteiger partial charge in [-0.15, -0.1) is 0 Å². The largest absolute Gasteiger partial charge is 0.330 e. The van der Waals surface area contributed by atoms with E-state index in [0.717, 1.165) is 6.42 Å². The van der Waals surface area contributed by atoms with Crippen LogP contribution in [-0.2, 0) is 16.3 Å². The van der Waals surface area contributed by atoms with Crippen molar-refractivity contribution >= 4 is 9.84 Å². The van der Waals surface area contributed by atoms with Gasteiger partial charge in [-0.2, -0.15) is 0 Å². The first kappa shape index (κ1) is 17.2. The topological polar surface area (TPSA) is 60.2 Å². The molecule has 0 saturated carbocycles. The lowest BCUT2D eigenvalue weighted by Crippen LogP contribution is -2.32. The lowest BCUT2D eigenvalue weighted by Gasteiger charge is -2.22. The molecule has 0 amide bonds. The molecule has 20 heavy (non-hydrogen) atoms. The Labute approximate surface area is 123 Å². The monoisotopic (exact) mass is 297 g/mol. The molecule has 1 aromatic rings. The maximum Gasteiger partial charge on any atom is 0.155 e. The number of benzene rings is 1. The zero-order chi connectivity index (χ0) is 15.4. The van der Waals surface area contributed by atoms with Crippen LogP contribution in [0.3, 0.4) is 0 Å². The van der Waals surface area contributed by atoms with Gasteiger partial charge in [-0.05, 0) is 64.1 Å². The molecule has 0 spiro atoms. The highest BCUT2D eigenvalue weighted by Crippen LogP contribution is 2.21. The lowest BCUT2D eigenvalue weighted by molar-refractivity contribution is 0.502. The molecule has 0 aromatic heterocycles. The van der Waals surface area contributed by atoms with E-state index in [0.29, 0.717) is 13.0 Å². The summed E-state index contributed by atoms with van der Waals surface area (Å²) in [4.78, 5) is 0. The second-order valence-corrected chi connectivity index (χ2v) is 9.31. The summed E-state index contributed by atoms with van der Waals surface area (Å²) in [6.07, 6.45) is 1.48. The van der Waals surface area contributed by atoms with Gasteiger partial charge in [0.1, 0.15) is 0 Å². The van der Waals surface area contributed by atoms with E-state index in [1.807, 2.05) is 12.1 Å². The third-order valence-corrected chi connectivity index (χ3v) is 6.47. The quantitative estimate of drug-likeness (QED) is 0.878. The molecule has 1 atom stereocenters. The summed E-state index contributed by atoms with van der Waals surface area (Å²) in [5, 5.41) is 0. The van der Waals surface area contributed by atoms with Crippen molar-refractivity contribution in [2.45, 2.75) is 45.3 Å². The Morgan fingerprint density at radius 3 is 2.30 bits per heavy atom. The fraction of sp³-hybridized carbons (Fsp3) is 0.625. The first-order valence-electron chi connectivity index (χ1n) is 7.14. The maximum absolute atomic E-state index is 12.2. The second kappa shape index (κ2) is 6.72. The molecule has 0 saturated heterocycles. The molecule has 0 aliphatic carbocycles. The Hall–Kier alpha value is -0.870. The van der Waals surface area contributed by atoms with Gasteiger partial charge in [0.25, 0.3) is 0 Å². The number of hydrogen-bond acceptors (Lipinski definition) is 3. The molecule has 1 rings (SSSR count). The average molecular weight is 297 g/mol. The highest BCUT2D eigenvalue weighted by molar-refractivity contribution is 7.92. The summed E-state index contributed by atoms with van der Waals surface area (Å²) in [5.74, 6) is 0.428. The molecule has 1 unspecified atom stereocenters. The van der Waals surface area contributed by atoms with Gasteiger partial charge < -0.3 is 5.73 Å². The van der Waals surface area contributed by atoms with Crippen molar-refractivity contribution in [1.29, 1.82) is 0 Å². The average Bonchev–Trinajstić information content (AvgIpc) is 2.35. The highest BCUT2D eigenvalue weighted by Gasteiger charge is 2.29. The molecule has 3 nitrogen and oxygen atoms in total. The van der Waals surface area contributed by atoms with Crippen molar-refractivity contribution in [3.63, 3.8) is 0 Å². The van der Waals surface area contributed by atoms with E-state index in [2.05, 4.69) is 19.1 Å². The summed E-state index contributed by atoms with van der Waals surface area (Å²) in [5.41, 5.74) is 8.31. The van der Waals surface area contributed by atoms with Crippen molar-refractivity contribution < 1.29 is 8.42 Å². The Kier molecular flexibility index (Phi) is 5.78. The summed E-state index contributed by atoms with van der Waals surface area (Å²) in [7, 11) is -3.06. The van der Waals surface area contributed by atoms with Crippen molar-refractivity contribution in [2.24, 2.45) is 11.7 Å². The molecule has 114 valence electrons. The van der Waals surface area contributed by atoms with Crippen LogP contribution in [0.2, 0.25) is 0 Å². The van der Waals surface area contributed by atoms with Crippen LogP contribution in [0.5, 0.6) is 0 Å². The fourth-order valence-corrected chi connectivity index (χ4v) is 3.34. The Bertz CT molecular complexity index is 530. The van der Waals surface area contributed by atoms with Crippen LogP contribution in [0.4, 0.5) is 0 Å². The number of sulfone groups is 1. The molecule has 0 bridgehead atoms. The molecule has 4 heteroatoms. The highest BCUT2D eigenvalue weighted by atomic mass is 32.2. The molecule has 0 fully saturated rings. The molecule has 0 heterocycles. The first-order chi connectivity index (χ1) is 9.17. The third kappa shape index (κ3) is 4.60. The van der Waals surface area contributed by atoms with Crippen LogP contribution >= 0.6 is 0 Å². The summed E-state index contributed by atoms with van der Waals surface area (Å²) in [6, 6.07) is 8.20. The minimum Gasteiger partial charge on any atom is -0.330 e. The number of rotatable bonds is 6. The summed E-state index contributed by atoms with van der Waals surface area (Å²) >= 11 is 0. The first-order valence-corrected chi connectivity index (χ1v) is 8.79. The maximum atomic E-state index is 12.2.